The zero-order valence-electron chi connectivity index (χ0n) is 12.3. The summed E-state index contributed by atoms with van der Waals surface area (Å²) in [6, 6.07) is 10.1. The standard InChI is InChI=1S/C16H20N2O2S/c1-11(19)8-9-17-16(20)15-12(2)18-14(21-15)10-13-6-4-3-5-7-13/h3-7,11,19H,8-10H2,1-2H3,(H,17,20). The molecule has 0 saturated carbocycles. The molecule has 0 bridgehead atoms. The highest BCUT2D eigenvalue weighted by Gasteiger charge is 2.15. The van der Waals surface area contributed by atoms with Crippen LogP contribution in [-0.4, -0.2) is 28.6 Å². The maximum atomic E-state index is 12.1. The van der Waals surface area contributed by atoms with Gasteiger partial charge in [0.15, 0.2) is 0 Å². The number of nitrogens with zero attached hydrogens (tertiary/aromatic N) is 1. The smallest absolute Gasteiger partial charge is 0.263 e. The predicted molar refractivity (Wildman–Crippen MR) is 84.7 cm³/mol. The molecule has 0 fully saturated rings. The first-order valence-electron chi connectivity index (χ1n) is 7.02. The van der Waals surface area contributed by atoms with Crippen LogP contribution >= 0.6 is 11.3 Å². The third kappa shape index (κ3) is 4.65. The van der Waals surface area contributed by atoms with Gasteiger partial charge < -0.3 is 10.4 Å². The van der Waals surface area contributed by atoms with Crippen molar-refractivity contribution in [2.45, 2.75) is 32.8 Å². The first-order valence-corrected chi connectivity index (χ1v) is 7.84. The molecule has 2 rings (SSSR count). The lowest BCUT2D eigenvalue weighted by Gasteiger charge is -2.05. The molecule has 1 amide bonds. The molecule has 1 unspecified atom stereocenters. The first-order chi connectivity index (χ1) is 10.1. The lowest BCUT2D eigenvalue weighted by atomic mass is 10.2. The SMILES string of the molecule is Cc1nc(Cc2ccccc2)sc1C(=O)NCCC(C)O. The van der Waals surface area contributed by atoms with E-state index in [0.29, 0.717) is 17.8 Å². The fourth-order valence-corrected chi connectivity index (χ4v) is 3.00. The second-order valence-electron chi connectivity index (χ2n) is 5.08. The molecule has 0 aliphatic heterocycles. The van der Waals surface area contributed by atoms with Gasteiger partial charge in [-0.2, -0.15) is 0 Å². The van der Waals surface area contributed by atoms with Gasteiger partial charge in [0.1, 0.15) is 4.88 Å². The second-order valence-corrected chi connectivity index (χ2v) is 6.16. The van der Waals surface area contributed by atoms with Crippen molar-refractivity contribution in [1.29, 1.82) is 0 Å². The van der Waals surface area contributed by atoms with Gasteiger partial charge in [-0.15, -0.1) is 11.3 Å². The first kappa shape index (κ1) is 15.7. The zero-order chi connectivity index (χ0) is 15.2. The van der Waals surface area contributed by atoms with Crippen molar-refractivity contribution < 1.29 is 9.90 Å². The maximum Gasteiger partial charge on any atom is 0.263 e. The number of carbonyl (C=O) groups is 1. The van der Waals surface area contributed by atoms with E-state index in [9.17, 15) is 9.90 Å². The quantitative estimate of drug-likeness (QED) is 0.862. The number of hydrogen-bond donors (Lipinski definition) is 2. The van der Waals surface area contributed by atoms with Gasteiger partial charge in [0.25, 0.3) is 5.91 Å². The van der Waals surface area contributed by atoms with Crippen LogP contribution in [0.1, 0.15) is 39.3 Å². The number of nitrogens with one attached hydrogen (secondary N) is 1. The van der Waals surface area contributed by atoms with Gasteiger partial charge in [-0.3, -0.25) is 4.79 Å². The van der Waals surface area contributed by atoms with Crippen LogP contribution < -0.4 is 5.32 Å². The van der Waals surface area contributed by atoms with Crippen LogP contribution in [-0.2, 0) is 6.42 Å². The molecule has 0 aliphatic rings. The summed E-state index contributed by atoms with van der Waals surface area (Å²) < 4.78 is 0. The number of aliphatic hydroxyl groups is 1. The number of carbonyl (C=O) groups excluding carboxylic acids is 1. The molecule has 4 nitrogen and oxygen atoms in total. The van der Waals surface area contributed by atoms with E-state index < -0.39 is 6.10 Å². The molecule has 112 valence electrons. The summed E-state index contributed by atoms with van der Waals surface area (Å²) in [5.41, 5.74) is 1.95. The normalized spacial score (nSPS) is 12.1. The van der Waals surface area contributed by atoms with Crippen LogP contribution in [0.2, 0.25) is 0 Å². The van der Waals surface area contributed by atoms with Gasteiger partial charge in [0.05, 0.1) is 16.8 Å². The number of aliphatic hydroxyl groups excluding tert-OH is 1. The lowest BCUT2D eigenvalue weighted by molar-refractivity contribution is 0.0949. The number of rotatable bonds is 6. The topological polar surface area (TPSA) is 62.2 Å². The molecule has 5 heteroatoms. The van der Waals surface area contributed by atoms with Crippen molar-refractivity contribution in [2.24, 2.45) is 0 Å². The number of amides is 1. The minimum atomic E-state index is -0.401. The number of hydrogen-bond acceptors (Lipinski definition) is 4. The third-order valence-electron chi connectivity index (χ3n) is 3.09. The fraction of sp³-hybridized carbons (Fsp3) is 0.375. The Balaban J connectivity index is 2.00. The summed E-state index contributed by atoms with van der Waals surface area (Å²) >= 11 is 1.44. The minimum absolute atomic E-state index is 0.107. The highest BCUT2D eigenvalue weighted by atomic mass is 32.1. The van der Waals surface area contributed by atoms with E-state index in [1.54, 1.807) is 6.92 Å². The third-order valence-corrected chi connectivity index (χ3v) is 4.25. The molecular formula is C16H20N2O2S. The van der Waals surface area contributed by atoms with Crippen LogP contribution in [0.5, 0.6) is 0 Å². The minimum Gasteiger partial charge on any atom is -0.393 e. The van der Waals surface area contributed by atoms with E-state index >= 15 is 0 Å². The lowest BCUT2D eigenvalue weighted by Crippen LogP contribution is -2.26. The van der Waals surface area contributed by atoms with Crippen LogP contribution in [0.3, 0.4) is 0 Å². The monoisotopic (exact) mass is 304 g/mol. The van der Waals surface area contributed by atoms with Crippen molar-refractivity contribution >= 4 is 17.2 Å². The highest BCUT2D eigenvalue weighted by Crippen LogP contribution is 2.20. The second kappa shape index (κ2) is 7.33. The van der Waals surface area contributed by atoms with E-state index in [1.165, 1.54) is 16.9 Å². The van der Waals surface area contributed by atoms with Gasteiger partial charge >= 0.3 is 0 Å². The van der Waals surface area contributed by atoms with E-state index in [-0.39, 0.29) is 5.91 Å². The highest BCUT2D eigenvalue weighted by molar-refractivity contribution is 7.13. The average Bonchev–Trinajstić information content (AvgIpc) is 2.80. The van der Waals surface area contributed by atoms with Gasteiger partial charge in [0.2, 0.25) is 0 Å². The van der Waals surface area contributed by atoms with Gasteiger partial charge in [-0.1, -0.05) is 30.3 Å². The van der Waals surface area contributed by atoms with Crippen LogP contribution in [0.25, 0.3) is 0 Å². The molecule has 0 saturated heterocycles. The molecule has 2 aromatic rings. The number of aromatic nitrogens is 1. The molecule has 21 heavy (non-hydrogen) atoms. The summed E-state index contributed by atoms with van der Waals surface area (Å²) in [4.78, 5) is 17.2. The predicted octanol–water partition coefficient (Wildman–Crippen LogP) is 2.54. The van der Waals surface area contributed by atoms with Crippen molar-refractivity contribution in [3.8, 4) is 0 Å². The Morgan fingerprint density at radius 1 is 1.38 bits per heavy atom. The summed E-state index contributed by atoms with van der Waals surface area (Å²) in [5, 5.41) is 13.0. The summed E-state index contributed by atoms with van der Waals surface area (Å²) in [6.45, 7) is 4.04. The van der Waals surface area contributed by atoms with Crippen LogP contribution in [0.4, 0.5) is 0 Å². The largest absolute Gasteiger partial charge is 0.393 e. The number of benzene rings is 1. The van der Waals surface area contributed by atoms with Crippen molar-refractivity contribution in [1.82, 2.24) is 10.3 Å². The van der Waals surface area contributed by atoms with Gasteiger partial charge in [-0.05, 0) is 25.8 Å². The molecule has 1 aromatic carbocycles. The molecule has 0 radical (unpaired) electrons. The summed E-state index contributed by atoms with van der Waals surface area (Å²) in [7, 11) is 0. The van der Waals surface area contributed by atoms with Gasteiger partial charge in [0, 0.05) is 13.0 Å². The van der Waals surface area contributed by atoms with Crippen molar-refractivity contribution in [3.05, 3.63) is 51.5 Å². The fourth-order valence-electron chi connectivity index (χ4n) is 1.98. The number of thiazole rings is 1. The van der Waals surface area contributed by atoms with Crippen molar-refractivity contribution in [2.75, 3.05) is 6.54 Å². The Morgan fingerprint density at radius 3 is 2.76 bits per heavy atom. The molecule has 0 spiro atoms. The van der Waals surface area contributed by atoms with Crippen LogP contribution in [0, 0.1) is 6.92 Å². The molecule has 2 N–H and O–H groups in total. The number of aryl methyl sites for hydroxylation is 1. The maximum absolute atomic E-state index is 12.1. The molecule has 1 atom stereocenters. The summed E-state index contributed by atoms with van der Waals surface area (Å²) in [5.74, 6) is -0.107. The van der Waals surface area contributed by atoms with Crippen LogP contribution in [0.15, 0.2) is 30.3 Å². The van der Waals surface area contributed by atoms with E-state index in [1.807, 2.05) is 25.1 Å². The Bertz CT molecular complexity index is 594. The molecular weight excluding hydrogens is 284 g/mol. The zero-order valence-corrected chi connectivity index (χ0v) is 13.1. The van der Waals surface area contributed by atoms with Gasteiger partial charge in [-0.25, -0.2) is 4.98 Å². The van der Waals surface area contributed by atoms with E-state index in [4.69, 9.17) is 0 Å². The Kier molecular flexibility index (Phi) is 5.47. The van der Waals surface area contributed by atoms with E-state index in [0.717, 1.165) is 17.1 Å². The molecule has 1 aromatic heterocycles. The Hall–Kier alpha value is -1.72. The van der Waals surface area contributed by atoms with E-state index in [2.05, 4.69) is 22.4 Å². The Morgan fingerprint density at radius 2 is 2.10 bits per heavy atom. The average molecular weight is 304 g/mol. The Labute approximate surface area is 128 Å². The molecule has 0 aliphatic carbocycles. The summed E-state index contributed by atoms with van der Waals surface area (Å²) in [6.07, 6.45) is 0.898. The molecule has 1 heterocycles. The van der Waals surface area contributed by atoms with Crippen molar-refractivity contribution in [3.63, 3.8) is 0 Å².